The molecule has 0 bridgehead atoms. The summed E-state index contributed by atoms with van der Waals surface area (Å²) in [7, 11) is 0. The van der Waals surface area contributed by atoms with Crippen LogP contribution in [0, 0.1) is 0 Å². The largest absolute Gasteiger partial charge is 0.320 e. The predicted octanol–water partition coefficient (Wildman–Crippen LogP) is 2.53. The highest BCUT2D eigenvalue weighted by atomic mass is 32.1. The van der Waals surface area contributed by atoms with Crippen molar-refractivity contribution >= 4 is 22.4 Å². The summed E-state index contributed by atoms with van der Waals surface area (Å²) in [6, 6.07) is 9.27. The van der Waals surface area contributed by atoms with Gasteiger partial charge in [0.2, 0.25) is 5.91 Å². The molecule has 0 aliphatic heterocycles. The molecule has 0 saturated carbocycles. The number of nitrogens with zero attached hydrogens (tertiary/aromatic N) is 1. The van der Waals surface area contributed by atoms with Crippen LogP contribution in [0.15, 0.2) is 30.3 Å². The zero-order chi connectivity index (χ0) is 14.7. The van der Waals surface area contributed by atoms with Gasteiger partial charge in [-0.15, -0.1) is 11.3 Å². The Labute approximate surface area is 128 Å². The second-order valence-corrected chi connectivity index (χ2v) is 6.47. The molecule has 5 heteroatoms. The van der Waals surface area contributed by atoms with Gasteiger partial charge in [-0.05, 0) is 37.7 Å². The van der Waals surface area contributed by atoms with Crippen LogP contribution in [0.3, 0.4) is 0 Å². The summed E-state index contributed by atoms with van der Waals surface area (Å²) in [6.45, 7) is 0. The standard InChI is InChI=1S/C16H19N3OS/c17-12(10-11-6-2-1-3-7-11)15(20)19-16-18-13-8-4-5-9-14(13)21-16/h1-3,6-7,12H,4-5,8-10,17H2,(H,18,19,20)/t12-/m0/s1. The molecule has 0 fully saturated rings. The molecule has 1 aromatic carbocycles. The van der Waals surface area contributed by atoms with E-state index in [1.54, 1.807) is 11.3 Å². The van der Waals surface area contributed by atoms with Crippen molar-refractivity contribution < 1.29 is 4.79 Å². The minimum absolute atomic E-state index is 0.162. The summed E-state index contributed by atoms with van der Waals surface area (Å²) < 4.78 is 0. The van der Waals surface area contributed by atoms with Crippen LogP contribution in [-0.2, 0) is 24.1 Å². The van der Waals surface area contributed by atoms with Gasteiger partial charge in [-0.1, -0.05) is 30.3 Å². The number of hydrogen-bond acceptors (Lipinski definition) is 4. The fraction of sp³-hybridized carbons (Fsp3) is 0.375. The number of benzene rings is 1. The van der Waals surface area contributed by atoms with Gasteiger partial charge in [0.25, 0.3) is 0 Å². The molecule has 0 unspecified atom stereocenters. The summed E-state index contributed by atoms with van der Waals surface area (Å²) >= 11 is 1.59. The van der Waals surface area contributed by atoms with E-state index in [-0.39, 0.29) is 5.91 Å². The van der Waals surface area contributed by atoms with Crippen molar-refractivity contribution in [3.05, 3.63) is 46.5 Å². The molecule has 110 valence electrons. The highest BCUT2D eigenvalue weighted by Crippen LogP contribution is 2.29. The number of anilines is 1. The van der Waals surface area contributed by atoms with Gasteiger partial charge < -0.3 is 11.1 Å². The van der Waals surface area contributed by atoms with E-state index < -0.39 is 6.04 Å². The molecule has 1 aliphatic carbocycles. The van der Waals surface area contributed by atoms with Crippen LogP contribution in [-0.4, -0.2) is 16.9 Å². The lowest BCUT2D eigenvalue weighted by Crippen LogP contribution is -2.37. The van der Waals surface area contributed by atoms with Gasteiger partial charge in [0.05, 0.1) is 11.7 Å². The number of nitrogens with two attached hydrogens (primary N) is 1. The van der Waals surface area contributed by atoms with Gasteiger partial charge in [-0.2, -0.15) is 0 Å². The molecular weight excluding hydrogens is 282 g/mol. The second kappa shape index (κ2) is 6.37. The second-order valence-electron chi connectivity index (χ2n) is 5.38. The number of carbonyl (C=O) groups is 1. The van der Waals surface area contributed by atoms with E-state index in [1.165, 1.54) is 17.7 Å². The summed E-state index contributed by atoms with van der Waals surface area (Å²) in [6.07, 6.45) is 5.06. The Bertz CT molecular complexity index is 600. The van der Waals surface area contributed by atoms with Crippen molar-refractivity contribution in [2.45, 2.75) is 38.1 Å². The lowest BCUT2D eigenvalue weighted by Gasteiger charge is -2.10. The predicted molar refractivity (Wildman–Crippen MR) is 85.5 cm³/mol. The molecule has 0 saturated heterocycles. The van der Waals surface area contributed by atoms with E-state index in [9.17, 15) is 4.79 Å². The highest BCUT2D eigenvalue weighted by molar-refractivity contribution is 7.15. The summed E-state index contributed by atoms with van der Waals surface area (Å²) in [5, 5.41) is 3.55. The summed E-state index contributed by atoms with van der Waals surface area (Å²) in [5.74, 6) is -0.162. The first-order chi connectivity index (χ1) is 10.2. The molecule has 0 spiro atoms. The maximum absolute atomic E-state index is 12.2. The van der Waals surface area contributed by atoms with E-state index in [1.807, 2.05) is 30.3 Å². The van der Waals surface area contributed by atoms with E-state index in [0.29, 0.717) is 11.6 Å². The molecular formula is C16H19N3OS. The Morgan fingerprint density at radius 2 is 2.05 bits per heavy atom. The fourth-order valence-corrected chi connectivity index (χ4v) is 3.62. The number of thiazole rings is 1. The number of aromatic nitrogens is 1. The summed E-state index contributed by atoms with van der Waals surface area (Å²) in [5.41, 5.74) is 8.20. The molecule has 1 amide bonds. The van der Waals surface area contributed by atoms with Gasteiger partial charge >= 0.3 is 0 Å². The Balaban J connectivity index is 1.61. The molecule has 1 heterocycles. The normalized spacial score (nSPS) is 15.3. The van der Waals surface area contributed by atoms with Crippen molar-refractivity contribution in [1.82, 2.24) is 4.98 Å². The van der Waals surface area contributed by atoms with Gasteiger partial charge in [0.15, 0.2) is 5.13 Å². The van der Waals surface area contributed by atoms with Crippen molar-refractivity contribution in [3.8, 4) is 0 Å². The molecule has 3 N–H and O–H groups in total. The highest BCUT2D eigenvalue weighted by Gasteiger charge is 2.19. The number of rotatable bonds is 4. The van der Waals surface area contributed by atoms with Crippen LogP contribution in [0.25, 0.3) is 0 Å². The van der Waals surface area contributed by atoms with Crippen LogP contribution < -0.4 is 11.1 Å². The molecule has 4 nitrogen and oxygen atoms in total. The van der Waals surface area contributed by atoms with E-state index in [2.05, 4.69) is 10.3 Å². The lowest BCUT2D eigenvalue weighted by molar-refractivity contribution is -0.117. The van der Waals surface area contributed by atoms with Gasteiger partial charge in [-0.3, -0.25) is 4.79 Å². The smallest absolute Gasteiger partial charge is 0.243 e. The first-order valence-electron chi connectivity index (χ1n) is 7.31. The van der Waals surface area contributed by atoms with Crippen molar-refractivity contribution in [2.24, 2.45) is 5.73 Å². The third kappa shape index (κ3) is 3.49. The molecule has 0 radical (unpaired) electrons. The zero-order valence-corrected chi connectivity index (χ0v) is 12.7. The number of carbonyl (C=O) groups excluding carboxylic acids is 1. The first-order valence-corrected chi connectivity index (χ1v) is 8.13. The van der Waals surface area contributed by atoms with Crippen LogP contribution in [0.1, 0.15) is 29.0 Å². The van der Waals surface area contributed by atoms with Crippen LogP contribution in [0.4, 0.5) is 5.13 Å². The van der Waals surface area contributed by atoms with Crippen LogP contribution >= 0.6 is 11.3 Å². The minimum Gasteiger partial charge on any atom is -0.320 e. The Hall–Kier alpha value is -1.72. The maximum Gasteiger partial charge on any atom is 0.243 e. The topological polar surface area (TPSA) is 68.0 Å². The van der Waals surface area contributed by atoms with Crippen molar-refractivity contribution in [2.75, 3.05) is 5.32 Å². The molecule has 21 heavy (non-hydrogen) atoms. The Morgan fingerprint density at radius 3 is 2.81 bits per heavy atom. The van der Waals surface area contributed by atoms with Gasteiger partial charge in [0, 0.05) is 4.88 Å². The number of fused-ring (bicyclic) bond motifs is 1. The van der Waals surface area contributed by atoms with Crippen molar-refractivity contribution in [3.63, 3.8) is 0 Å². The number of amides is 1. The first kappa shape index (κ1) is 14.2. The van der Waals surface area contributed by atoms with E-state index >= 15 is 0 Å². The van der Waals surface area contributed by atoms with E-state index in [4.69, 9.17) is 5.73 Å². The SMILES string of the molecule is N[C@@H](Cc1ccccc1)C(=O)Nc1nc2c(s1)CCCC2. The number of nitrogens with one attached hydrogen (secondary N) is 1. The van der Waals surface area contributed by atoms with E-state index in [0.717, 1.165) is 24.1 Å². The lowest BCUT2D eigenvalue weighted by atomic mass is 10.0. The monoisotopic (exact) mass is 301 g/mol. The average Bonchev–Trinajstić information content (AvgIpc) is 2.90. The van der Waals surface area contributed by atoms with Crippen molar-refractivity contribution in [1.29, 1.82) is 0 Å². The number of aryl methyl sites for hydroxylation is 2. The molecule has 3 rings (SSSR count). The van der Waals surface area contributed by atoms with Crippen LogP contribution in [0.5, 0.6) is 0 Å². The molecule has 1 aromatic heterocycles. The fourth-order valence-electron chi connectivity index (χ4n) is 2.56. The maximum atomic E-state index is 12.2. The quantitative estimate of drug-likeness (QED) is 0.912. The van der Waals surface area contributed by atoms with Gasteiger partial charge in [-0.25, -0.2) is 4.98 Å². The third-order valence-corrected chi connectivity index (χ3v) is 4.78. The zero-order valence-electron chi connectivity index (χ0n) is 11.8. The average molecular weight is 301 g/mol. The Morgan fingerprint density at radius 1 is 1.29 bits per heavy atom. The minimum atomic E-state index is -0.548. The van der Waals surface area contributed by atoms with Gasteiger partial charge in [0.1, 0.15) is 0 Å². The molecule has 2 aromatic rings. The van der Waals surface area contributed by atoms with Crippen LogP contribution in [0.2, 0.25) is 0 Å². The third-order valence-electron chi connectivity index (χ3n) is 3.71. The molecule has 1 aliphatic rings. The number of hydrogen-bond donors (Lipinski definition) is 2. The Kier molecular flexibility index (Phi) is 4.31. The summed E-state index contributed by atoms with van der Waals surface area (Å²) in [4.78, 5) is 18.0. The molecule has 1 atom stereocenters.